The number of hydrogen-bond donors (Lipinski definition) is 2. The first-order valence-electron chi connectivity index (χ1n) is 6.56. The summed E-state index contributed by atoms with van der Waals surface area (Å²) in [5, 5.41) is 4.26. The van der Waals surface area contributed by atoms with Crippen LogP contribution in [0.2, 0.25) is 5.02 Å². The molecule has 1 unspecified atom stereocenters. The lowest BCUT2D eigenvalue weighted by Crippen LogP contribution is -2.20. The number of rotatable bonds is 4. The van der Waals surface area contributed by atoms with Crippen molar-refractivity contribution in [2.75, 3.05) is 11.9 Å². The number of pyridine rings is 1. The summed E-state index contributed by atoms with van der Waals surface area (Å²) >= 11 is 6.26. The van der Waals surface area contributed by atoms with E-state index in [-0.39, 0.29) is 11.8 Å². The van der Waals surface area contributed by atoms with E-state index >= 15 is 0 Å². The van der Waals surface area contributed by atoms with Gasteiger partial charge in [-0.1, -0.05) is 18.5 Å². The molecular weight excluding hydrogens is 274 g/mol. The molecule has 2 rings (SSSR count). The first kappa shape index (κ1) is 14.8. The molecule has 0 radical (unpaired) electrons. The lowest BCUT2D eigenvalue weighted by Gasteiger charge is -2.13. The first-order chi connectivity index (χ1) is 9.52. The molecule has 20 heavy (non-hydrogen) atoms. The minimum absolute atomic E-state index is 0.0844. The van der Waals surface area contributed by atoms with Crippen molar-refractivity contribution < 1.29 is 4.79 Å². The molecule has 0 saturated heterocycles. The van der Waals surface area contributed by atoms with Gasteiger partial charge in [0.2, 0.25) is 5.91 Å². The smallest absolute Gasteiger partial charge is 0.224 e. The highest BCUT2D eigenvalue weighted by Crippen LogP contribution is 2.32. The van der Waals surface area contributed by atoms with E-state index in [1.165, 1.54) is 0 Å². The minimum atomic E-state index is -0.0844. The predicted octanol–water partition coefficient (Wildman–Crippen LogP) is 3.12. The summed E-state index contributed by atoms with van der Waals surface area (Å²) in [6, 6.07) is 5.55. The van der Waals surface area contributed by atoms with E-state index < -0.39 is 0 Å². The molecule has 0 aliphatic heterocycles. The van der Waals surface area contributed by atoms with Crippen molar-refractivity contribution in [2.45, 2.75) is 20.3 Å². The number of nitrogens with two attached hydrogens (primary N) is 1. The fourth-order valence-corrected chi connectivity index (χ4v) is 2.41. The number of amides is 1. The third-order valence-electron chi connectivity index (χ3n) is 3.23. The molecule has 0 saturated carbocycles. The molecule has 2 aromatic rings. The van der Waals surface area contributed by atoms with Crippen molar-refractivity contribution in [1.82, 2.24) is 4.98 Å². The second-order valence-electron chi connectivity index (χ2n) is 5.04. The molecule has 1 aromatic carbocycles. The molecule has 1 atom stereocenters. The highest BCUT2D eigenvalue weighted by atomic mass is 35.5. The Labute approximate surface area is 123 Å². The van der Waals surface area contributed by atoms with E-state index in [1.54, 1.807) is 6.20 Å². The second kappa shape index (κ2) is 6.20. The standard InChI is InChI=1S/C15H18ClN3O/c1-9(8-17)6-13(20)19-15-11-4-3-5-18-14(11)10(2)7-12(15)16/h3-5,7,9H,6,8,17H2,1-2H3,(H,19,20). The van der Waals surface area contributed by atoms with E-state index in [0.29, 0.717) is 23.7 Å². The van der Waals surface area contributed by atoms with Gasteiger partial charge in [-0.15, -0.1) is 0 Å². The van der Waals surface area contributed by atoms with Gasteiger partial charge in [-0.2, -0.15) is 0 Å². The summed E-state index contributed by atoms with van der Waals surface area (Å²) in [4.78, 5) is 16.4. The zero-order valence-electron chi connectivity index (χ0n) is 11.6. The van der Waals surface area contributed by atoms with Crippen LogP contribution in [0, 0.1) is 12.8 Å². The summed E-state index contributed by atoms with van der Waals surface area (Å²) in [7, 11) is 0. The number of aryl methyl sites for hydroxylation is 1. The second-order valence-corrected chi connectivity index (χ2v) is 5.45. The molecule has 1 heterocycles. The maximum atomic E-state index is 12.0. The van der Waals surface area contributed by atoms with Crippen LogP contribution in [0.4, 0.5) is 5.69 Å². The quantitative estimate of drug-likeness (QED) is 0.909. The number of fused-ring (bicyclic) bond motifs is 1. The third-order valence-corrected chi connectivity index (χ3v) is 3.53. The number of aromatic nitrogens is 1. The predicted molar refractivity (Wildman–Crippen MR) is 83.0 cm³/mol. The van der Waals surface area contributed by atoms with Crippen LogP contribution in [-0.4, -0.2) is 17.4 Å². The maximum absolute atomic E-state index is 12.0. The number of nitrogens with one attached hydrogen (secondary N) is 1. The SMILES string of the molecule is Cc1cc(Cl)c(NC(=O)CC(C)CN)c2cccnc12. The summed E-state index contributed by atoms with van der Waals surface area (Å²) in [6.45, 7) is 4.37. The van der Waals surface area contributed by atoms with Crippen LogP contribution in [0.25, 0.3) is 10.9 Å². The van der Waals surface area contributed by atoms with Crippen LogP contribution < -0.4 is 11.1 Å². The molecule has 0 aliphatic rings. The number of carbonyl (C=O) groups is 1. The van der Waals surface area contributed by atoms with Gasteiger partial charge in [0.25, 0.3) is 0 Å². The molecule has 0 fully saturated rings. The molecular formula is C15H18ClN3O. The number of halogens is 1. The Morgan fingerprint density at radius 3 is 3.00 bits per heavy atom. The van der Waals surface area contributed by atoms with Gasteiger partial charge in [0.05, 0.1) is 16.2 Å². The van der Waals surface area contributed by atoms with Gasteiger partial charge < -0.3 is 11.1 Å². The minimum Gasteiger partial charge on any atom is -0.330 e. The third kappa shape index (κ3) is 3.08. The molecule has 5 heteroatoms. The zero-order chi connectivity index (χ0) is 14.7. The van der Waals surface area contributed by atoms with Gasteiger partial charge >= 0.3 is 0 Å². The largest absolute Gasteiger partial charge is 0.330 e. The van der Waals surface area contributed by atoms with Gasteiger partial charge in [-0.05, 0) is 43.1 Å². The van der Waals surface area contributed by atoms with Gasteiger partial charge in [-0.3, -0.25) is 9.78 Å². The number of carbonyl (C=O) groups excluding carboxylic acids is 1. The summed E-state index contributed by atoms with van der Waals surface area (Å²) in [5.41, 5.74) is 7.99. The highest BCUT2D eigenvalue weighted by molar-refractivity contribution is 6.35. The van der Waals surface area contributed by atoms with Crippen LogP contribution in [0.5, 0.6) is 0 Å². The lowest BCUT2D eigenvalue weighted by molar-refractivity contribution is -0.116. The van der Waals surface area contributed by atoms with E-state index in [0.717, 1.165) is 16.5 Å². The number of anilines is 1. The molecule has 0 aliphatic carbocycles. The summed E-state index contributed by atoms with van der Waals surface area (Å²) < 4.78 is 0. The number of hydrogen-bond acceptors (Lipinski definition) is 3. The molecule has 1 amide bonds. The Balaban J connectivity index is 2.37. The van der Waals surface area contributed by atoms with Crippen LogP contribution >= 0.6 is 11.6 Å². The van der Waals surface area contributed by atoms with E-state index in [9.17, 15) is 4.79 Å². The number of nitrogens with zero attached hydrogens (tertiary/aromatic N) is 1. The van der Waals surface area contributed by atoms with Crippen LogP contribution in [0.3, 0.4) is 0 Å². The van der Waals surface area contributed by atoms with Gasteiger partial charge in [0, 0.05) is 18.0 Å². The van der Waals surface area contributed by atoms with Gasteiger partial charge in [0.1, 0.15) is 0 Å². The summed E-state index contributed by atoms with van der Waals surface area (Å²) in [6.07, 6.45) is 2.10. The molecule has 1 aromatic heterocycles. The lowest BCUT2D eigenvalue weighted by atomic mass is 10.1. The van der Waals surface area contributed by atoms with Crippen molar-refractivity contribution in [2.24, 2.45) is 11.7 Å². The van der Waals surface area contributed by atoms with E-state index in [1.807, 2.05) is 32.0 Å². The van der Waals surface area contributed by atoms with Crippen LogP contribution in [0.15, 0.2) is 24.4 Å². The van der Waals surface area contributed by atoms with Gasteiger partial charge in [0.15, 0.2) is 0 Å². The fourth-order valence-electron chi connectivity index (χ4n) is 2.10. The van der Waals surface area contributed by atoms with Crippen molar-refractivity contribution in [1.29, 1.82) is 0 Å². The first-order valence-corrected chi connectivity index (χ1v) is 6.94. The van der Waals surface area contributed by atoms with Gasteiger partial charge in [-0.25, -0.2) is 0 Å². The summed E-state index contributed by atoms with van der Waals surface area (Å²) in [5.74, 6) is 0.0578. The fraction of sp³-hybridized carbons (Fsp3) is 0.333. The van der Waals surface area contributed by atoms with Crippen molar-refractivity contribution in [3.8, 4) is 0 Å². The highest BCUT2D eigenvalue weighted by Gasteiger charge is 2.14. The van der Waals surface area contributed by atoms with Crippen LogP contribution in [-0.2, 0) is 4.79 Å². The normalized spacial score (nSPS) is 12.4. The van der Waals surface area contributed by atoms with Crippen molar-refractivity contribution in [3.63, 3.8) is 0 Å². The molecule has 4 nitrogen and oxygen atoms in total. The Morgan fingerprint density at radius 1 is 1.55 bits per heavy atom. The Kier molecular flexibility index (Phi) is 4.57. The van der Waals surface area contributed by atoms with Crippen molar-refractivity contribution >= 4 is 34.1 Å². The molecule has 3 N–H and O–H groups in total. The average Bonchev–Trinajstić information content (AvgIpc) is 2.43. The monoisotopic (exact) mass is 291 g/mol. The number of benzene rings is 1. The Morgan fingerprint density at radius 2 is 2.30 bits per heavy atom. The average molecular weight is 292 g/mol. The molecule has 0 bridgehead atoms. The Bertz CT molecular complexity index is 642. The van der Waals surface area contributed by atoms with Crippen molar-refractivity contribution in [3.05, 3.63) is 35.0 Å². The zero-order valence-corrected chi connectivity index (χ0v) is 12.4. The van der Waals surface area contributed by atoms with Crippen LogP contribution in [0.1, 0.15) is 18.9 Å². The molecule has 0 spiro atoms. The topological polar surface area (TPSA) is 68.0 Å². The van der Waals surface area contributed by atoms with E-state index in [2.05, 4.69) is 10.3 Å². The maximum Gasteiger partial charge on any atom is 0.224 e. The Hall–Kier alpha value is -1.65. The van der Waals surface area contributed by atoms with E-state index in [4.69, 9.17) is 17.3 Å². The molecule has 106 valence electrons.